The maximum absolute atomic E-state index is 2.17. The van der Waals surface area contributed by atoms with Gasteiger partial charge in [0.2, 0.25) is 0 Å². The zero-order valence-electron chi connectivity index (χ0n) is 10.1. The fourth-order valence-electron chi connectivity index (χ4n) is 2.15. The van der Waals surface area contributed by atoms with Crippen molar-refractivity contribution in [3.63, 3.8) is 0 Å². The standard InChI is InChI=1S/C18H14/c1-2-7-15(8-3-1)9-6-11-17-14-13-16-10-4-5-12-18(16)17/h1-14H/b9-6-,17-11-. The van der Waals surface area contributed by atoms with Gasteiger partial charge in [-0.25, -0.2) is 0 Å². The summed E-state index contributed by atoms with van der Waals surface area (Å²) in [7, 11) is 0. The van der Waals surface area contributed by atoms with Gasteiger partial charge in [-0.15, -0.1) is 0 Å². The molecular weight excluding hydrogens is 216 g/mol. The monoisotopic (exact) mass is 230 g/mol. The van der Waals surface area contributed by atoms with Gasteiger partial charge < -0.3 is 0 Å². The highest BCUT2D eigenvalue weighted by Gasteiger charge is 2.07. The van der Waals surface area contributed by atoms with Crippen molar-refractivity contribution < 1.29 is 0 Å². The summed E-state index contributed by atoms with van der Waals surface area (Å²) < 4.78 is 0. The molecule has 0 heterocycles. The smallest absolute Gasteiger partial charge is 0.0111 e. The average Bonchev–Trinajstić information content (AvgIpc) is 2.84. The predicted molar refractivity (Wildman–Crippen MR) is 78.9 cm³/mol. The van der Waals surface area contributed by atoms with Crippen molar-refractivity contribution in [1.82, 2.24) is 0 Å². The molecule has 0 N–H and O–H groups in total. The molecule has 86 valence electrons. The third-order valence-corrected chi connectivity index (χ3v) is 3.08. The first-order valence-electron chi connectivity index (χ1n) is 6.14. The highest BCUT2D eigenvalue weighted by atomic mass is 14.1. The van der Waals surface area contributed by atoms with Gasteiger partial charge in [-0.05, 0) is 22.3 Å². The lowest BCUT2D eigenvalue weighted by atomic mass is 10.1. The van der Waals surface area contributed by atoms with E-state index in [0.717, 1.165) is 0 Å². The van der Waals surface area contributed by atoms with Crippen molar-refractivity contribution in [3.05, 3.63) is 89.5 Å². The van der Waals surface area contributed by atoms with Gasteiger partial charge in [0.15, 0.2) is 0 Å². The Kier molecular flexibility index (Phi) is 2.93. The van der Waals surface area contributed by atoms with Crippen LogP contribution in [0.25, 0.3) is 17.7 Å². The van der Waals surface area contributed by atoms with E-state index in [0.29, 0.717) is 0 Å². The predicted octanol–water partition coefficient (Wildman–Crippen LogP) is 4.81. The van der Waals surface area contributed by atoms with Gasteiger partial charge in [-0.2, -0.15) is 0 Å². The van der Waals surface area contributed by atoms with Crippen molar-refractivity contribution in [1.29, 1.82) is 0 Å². The summed E-state index contributed by atoms with van der Waals surface area (Å²) >= 11 is 0. The maximum Gasteiger partial charge on any atom is -0.0111 e. The molecule has 2 aromatic carbocycles. The maximum atomic E-state index is 2.17. The molecule has 0 heteroatoms. The number of hydrogen-bond donors (Lipinski definition) is 0. The Bertz CT molecular complexity index is 628. The first-order valence-corrected chi connectivity index (χ1v) is 6.14. The van der Waals surface area contributed by atoms with Gasteiger partial charge in [-0.3, -0.25) is 0 Å². The van der Waals surface area contributed by atoms with Crippen LogP contribution in [0.2, 0.25) is 0 Å². The third kappa shape index (κ3) is 2.18. The summed E-state index contributed by atoms with van der Waals surface area (Å²) in [6, 6.07) is 18.8. The molecule has 2 aromatic rings. The Labute approximate surface area is 108 Å². The van der Waals surface area contributed by atoms with Crippen LogP contribution in [-0.4, -0.2) is 0 Å². The topological polar surface area (TPSA) is 0 Å². The van der Waals surface area contributed by atoms with Gasteiger partial charge in [0.1, 0.15) is 0 Å². The Balaban J connectivity index is 1.84. The Hall–Kier alpha value is -2.34. The highest BCUT2D eigenvalue weighted by Crippen LogP contribution is 2.28. The zero-order chi connectivity index (χ0) is 12.2. The molecule has 0 saturated carbocycles. The van der Waals surface area contributed by atoms with Crippen molar-refractivity contribution in [2.75, 3.05) is 0 Å². The van der Waals surface area contributed by atoms with E-state index in [1.807, 2.05) is 6.07 Å². The number of rotatable bonds is 2. The van der Waals surface area contributed by atoms with Crippen LogP contribution in [0.15, 0.2) is 72.8 Å². The number of fused-ring (bicyclic) bond motifs is 1. The molecule has 3 rings (SSSR count). The molecule has 0 saturated heterocycles. The minimum Gasteiger partial charge on any atom is -0.0622 e. The molecule has 0 amide bonds. The second kappa shape index (κ2) is 4.89. The van der Waals surface area contributed by atoms with E-state index in [1.54, 1.807) is 0 Å². The minimum atomic E-state index is 1.23. The zero-order valence-corrected chi connectivity index (χ0v) is 10.1. The number of hydrogen-bond acceptors (Lipinski definition) is 0. The summed E-state index contributed by atoms with van der Waals surface area (Å²) in [6.45, 7) is 0. The van der Waals surface area contributed by atoms with Gasteiger partial charge in [-0.1, -0.05) is 85.0 Å². The minimum absolute atomic E-state index is 1.23. The van der Waals surface area contributed by atoms with Crippen molar-refractivity contribution in [2.45, 2.75) is 0 Å². The average molecular weight is 230 g/mol. The third-order valence-electron chi connectivity index (χ3n) is 3.08. The van der Waals surface area contributed by atoms with Gasteiger partial charge in [0.05, 0.1) is 0 Å². The van der Waals surface area contributed by atoms with Gasteiger partial charge in [0.25, 0.3) is 0 Å². The second-order valence-electron chi connectivity index (χ2n) is 4.31. The summed E-state index contributed by atoms with van der Waals surface area (Å²) in [5, 5.41) is 0. The van der Waals surface area contributed by atoms with Gasteiger partial charge >= 0.3 is 0 Å². The van der Waals surface area contributed by atoms with Crippen LogP contribution in [-0.2, 0) is 0 Å². The summed E-state index contributed by atoms with van der Waals surface area (Å²) in [5.74, 6) is 0. The van der Waals surface area contributed by atoms with Crippen molar-refractivity contribution in [3.8, 4) is 0 Å². The number of allylic oxidation sites excluding steroid dienone is 4. The van der Waals surface area contributed by atoms with Gasteiger partial charge in [0, 0.05) is 0 Å². The lowest BCUT2D eigenvalue weighted by molar-refractivity contribution is 1.61. The molecule has 0 nitrogen and oxygen atoms in total. The lowest BCUT2D eigenvalue weighted by Gasteiger charge is -1.98. The molecule has 0 atom stereocenters. The molecular formula is C18H14. The molecule has 0 spiro atoms. The van der Waals surface area contributed by atoms with Crippen LogP contribution in [0.4, 0.5) is 0 Å². The SMILES string of the molecule is C1=Cc2ccccc2/C1=C\C=C/c1ccccc1. The normalized spacial score (nSPS) is 15.4. The van der Waals surface area contributed by atoms with E-state index in [-0.39, 0.29) is 0 Å². The first kappa shape index (κ1) is 10.8. The van der Waals surface area contributed by atoms with E-state index in [1.165, 1.54) is 22.3 Å². The summed E-state index contributed by atoms with van der Waals surface area (Å²) in [6.07, 6.45) is 10.7. The van der Waals surface area contributed by atoms with E-state index in [9.17, 15) is 0 Å². The van der Waals surface area contributed by atoms with E-state index < -0.39 is 0 Å². The van der Waals surface area contributed by atoms with E-state index >= 15 is 0 Å². The molecule has 1 aliphatic rings. The van der Waals surface area contributed by atoms with Crippen LogP contribution in [0.3, 0.4) is 0 Å². The first-order chi connectivity index (χ1) is 8.93. The summed E-state index contributed by atoms with van der Waals surface area (Å²) in [5.41, 5.74) is 5.12. The van der Waals surface area contributed by atoms with Crippen LogP contribution in [0.5, 0.6) is 0 Å². The van der Waals surface area contributed by atoms with E-state index in [2.05, 4.69) is 78.9 Å². The molecule has 0 unspecified atom stereocenters. The Morgan fingerprint density at radius 2 is 1.50 bits per heavy atom. The molecule has 0 radical (unpaired) electrons. The van der Waals surface area contributed by atoms with Crippen molar-refractivity contribution in [2.24, 2.45) is 0 Å². The van der Waals surface area contributed by atoms with Crippen LogP contribution in [0, 0.1) is 0 Å². The fourth-order valence-corrected chi connectivity index (χ4v) is 2.15. The number of benzene rings is 2. The van der Waals surface area contributed by atoms with Crippen LogP contribution < -0.4 is 0 Å². The quantitative estimate of drug-likeness (QED) is 0.694. The molecule has 0 bridgehead atoms. The molecule has 0 aromatic heterocycles. The highest BCUT2D eigenvalue weighted by molar-refractivity contribution is 5.90. The second-order valence-corrected chi connectivity index (χ2v) is 4.31. The molecule has 0 aliphatic heterocycles. The van der Waals surface area contributed by atoms with E-state index in [4.69, 9.17) is 0 Å². The van der Waals surface area contributed by atoms with Crippen LogP contribution >= 0.6 is 0 Å². The lowest BCUT2D eigenvalue weighted by Crippen LogP contribution is -1.78. The molecule has 1 aliphatic carbocycles. The molecule has 18 heavy (non-hydrogen) atoms. The Morgan fingerprint density at radius 3 is 2.39 bits per heavy atom. The largest absolute Gasteiger partial charge is 0.0622 e. The van der Waals surface area contributed by atoms with Crippen molar-refractivity contribution >= 4 is 17.7 Å². The fraction of sp³-hybridized carbons (Fsp3) is 0. The summed E-state index contributed by atoms with van der Waals surface area (Å²) in [4.78, 5) is 0. The Morgan fingerprint density at radius 1 is 0.722 bits per heavy atom. The van der Waals surface area contributed by atoms with Crippen LogP contribution in [0.1, 0.15) is 16.7 Å². The molecule has 0 fully saturated rings.